The van der Waals surface area contributed by atoms with Crippen LogP contribution >= 0.6 is 0 Å². The number of rotatable bonds is 4. The second-order valence-corrected chi connectivity index (χ2v) is 8.20. The van der Waals surface area contributed by atoms with E-state index in [1.807, 2.05) is 45.9 Å². The molecule has 2 rings (SSSR count). The fourth-order valence-electron chi connectivity index (χ4n) is 2.17. The maximum absolute atomic E-state index is 12.6. The molecule has 22 heavy (non-hydrogen) atoms. The molecule has 5 heteroatoms. The molecule has 0 saturated carbocycles. The predicted molar refractivity (Wildman–Crippen MR) is 87.9 cm³/mol. The maximum Gasteiger partial charge on any atom is 0.241 e. The molecule has 1 aromatic carbocycles. The molecule has 0 radical (unpaired) electrons. The van der Waals surface area contributed by atoms with Crippen molar-refractivity contribution < 1.29 is 8.42 Å². The molecule has 0 spiro atoms. The summed E-state index contributed by atoms with van der Waals surface area (Å²) in [6, 6.07) is 11.9. The molecular weight excluding hydrogens is 296 g/mol. The van der Waals surface area contributed by atoms with Gasteiger partial charge in [0.2, 0.25) is 10.0 Å². The van der Waals surface area contributed by atoms with Crippen molar-refractivity contribution >= 4 is 10.0 Å². The van der Waals surface area contributed by atoms with Crippen LogP contribution < -0.4 is 4.72 Å². The number of aromatic nitrogens is 1. The van der Waals surface area contributed by atoms with E-state index in [1.165, 1.54) is 0 Å². The zero-order valence-corrected chi connectivity index (χ0v) is 14.2. The summed E-state index contributed by atoms with van der Waals surface area (Å²) in [4.78, 5) is 4.58. The Bertz CT molecular complexity index is 718. The van der Waals surface area contributed by atoms with Crippen LogP contribution in [0.2, 0.25) is 0 Å². The van der Waals surface area contributed by atoms with Crippen LogP contribution in [0.4, 0.5) is 0 Å². The van der Waals surface area contributed by atoms with Crippen LogP contribution in [0.5, 0.6) is 0 Å². The highest BCUT2D eigenvalue weighted by Crippen LogP contribution is 2.33. The third-order valence-corrected chi connectivity index (χ3v) is 4.89. The highest BCUT2D eigenvalue weighted by atomic mass is 32.2. The minimum absolute atomic E-state index is 0.267. The van der Waals surface area contributed by atoms with Gasteiger partial charge in [-0.2, -0.15) is 0 Å². The molecule has 0 unspecified atom stereocenters. The second kappa shape index (κ2) is 6.18. The fourth-order valence-corrected chi connectivity index (χ4v) is 3.58. The Kier molecular flexibility index (Phi) is 4.68. The van der Waals surface area contributed by atoms with E-state index in [2.05, 4.69) is 9.71 Å². The van der Waals surface area contributed by atoms with E-state index in [0.29, 0.717) is 5.69 Å². The van der Waals surface area contributed by atoms with Gasteiger partial charge in [-0.25, -0.2) is 13.1 Å². The molecule has 118 valence electrons. The fraction of sp³-hybridized carbons (Fsp3) is 0.353. The highest BCUT2D eigenvalue weighted by Gasteiger charge is 2.31. The van der Waals surface area contributed by atoms with E-state index >= 15 is 0 Å². The number of pyridine rings is 1. The van der Waals surface area contributed by atoms with Gasteiger partial charge >= 0.3 is 0 Å². The first-order valence-corrected chi connectivity index (χ1v) is 8.68. The summed E-state index contributed by atoms with van der Waals surface area (Å²) in [5, 5.41) is 0. The number of sulfonamides is 1. The van der Waals surface area contributed by atoms with Crippen LogP contribution in [0.3, 0.4) is 0 Å². The van der Waals surface area contributed by atoms with Crippen LogP contribution in [0.25, 0.3) is 0 Å². The van der Waals surface area contributed by atoms with Crippen molar-refractivity contribution in [2.45, 2.75) is 38.6 Å². The lowest BCUT2D eigenvalue weighted by atomic mass is 9.85. The molecule has 1 N–H and O–H groups in total. The van der Waals surface area contributed by atoms with Gasteiger partial charge < -0.3 is 0 Å². The smallest absolute Gasteiger partial charge is 0.241 e. The summed E-state index contributed by atoms with van der Waals surface area (Å²) in [6.07, 6.45) is 1.67. The number of hydrogen-bond donors (Lipinski definition) is 1. The summed E-state index contributed by atoms with van der Waals surface area (Å²) in [6.45, 7) is 7.90. The molecule has 1 heterocycles. The number of benzene rings is 1. The summed E-state index contributed by atoms with van der Waals surface area (Å²) in [7, 11) is -3.60. The first-order chi connectivity index (χ1) is 10.2. The summed E-state index contributed by atoms with van der Waals surface area (Å²) < 4.78 is 28.1. The van der Waals surface area contributed by atoms with Crippen molar-refractivity contribution in [1.29, 1.82) is 0 Å². The van der Waals surface area contributed by atoms with E-state index in [-0.39, 0.29) is 10.3 Å². The van der Waals surface area contributed by atoms with Crippen molar-refractivity contribution in [2.75, 3.05) is 0 Å². The molecule has 0 saturated heterocycles. The Hall–Kier alpha value is -1.72. The Morgan fingerprint density at radius 1 is 1.05 bits per heavy atom. The average Bonchev–Trinajstić information content (AvgIpc) is 2.45. The van der Waals surface area contributed by atoms with Crippen LogP contribution in [0.15, 0.2) is 53.6 Å². The van der Waals surface area contributed by atoms with Crippen molar-refractivity contribution in [3.63, 3.8) is 0 Å². The minimum Gasteiger partial charge on any atom is -0.260 e. The van der Waals surface area contributed by atoms with Gasteiger partial charge in [-0.3, -0.25) is 4.98 Å². The summed E-state index contributed by atoms with van der Waals surface area (Å²) in [5.74, 6) is 0. The molecule has 0 aliphatic rings. The van der Waals surface area contributed by atoms with Gasteiger partial charge in [-0.05, 0) is 36.6 Å². The van der Waals surface area contributed by atoms with Gasteiger partial charge in [-0.1, -0.05) is 44.5 Å². The molecule has 0 amide bonds. The van der Waals surface area contributed by atoms with Crippen molar-refractivity contribution in [3.05, 3.63) is 59.9 Å². The zero-order valence-electron chi connectivity index (χ0n) is 13.4. The monoisotopic (exact) mass is 318 g/mol. The molecule has 1 aromatic heterocycles. The standard InChI is InChI=1S/C17H22N2O2S/c1-13-8-10-14(11-9-13)22(20,21)19-16(17(2,3)4)15-7-5-6-12-18-15/h5-12,16,19H,1-4H3/t16-/m0/s1. The molecule has 2 aromatic rings. The normalized spacial score (nSPS) is 13.8. The predicted octanol–water partition coefficient (Wildman–Crippen LogP) is 3.46. The van der Waals surface area contributed by atoms with Gasteiger partial charge in [0, 0.05) is 6.20 Å². The Balaban J connectivity index is 2.37. The van der Waals surface area contributed by atoms with Crippen LogP contribution in [-0.2, 0) is 10.0 Å². The van der Waals surface area contributed by atoms with Crippen LogP contribution in [0.1, 0.15) is 38.1 Å². The molecule has 0 bridgehead atoms. The number of nitrogens with zero attached hydrogens (tertiary/aromatic N) is 1. The lowest BCUT2D eigenvalue weighted by molar-refractivity contribution is 0.299. The molecule has 1 atom stereocenters. The molecule has 4 nitrogen and oxygen atoms in total. The summed E-state index contributed by atoms with van der Waals surface area (Å²) >= 11 is 0. The van der Waals surface area contributed by atoms with Crippen LogP contribution in [0, 0.1) is 12.3 Å². The molecule has 0 aliphatic carbocycles. The Morgan fingerprint density at radius 3 is 2.18 bits per heavy atom. The van der Waals surface area contributed by atoms with Crippen LogP contribution in [-0.4, -0.2) is 13.4 Å². The average molecular weight is 318 g/mol. The molecule has 0 fully saturated rings. The number of aryl methyl sites for hydroxylation is 1. The summed E-state index contributed by atoms with van der Waals surface area (Å²) in [5.41, 5.74) is 1.44. The van der Waals surface area contributed by atoms with Gasteiger partial charge in [0.05, 0.1) is 16.6 Å². The van der Waals surface area contributed by atoms with Crippen molar-refractivity contribution in [2.24, 2.45) is 5.41 Å². The number of nitrogens with one attached hydrogen (secondary N) is 1. The molecular formula is C17H22N2O2S. The first kappa shape index (κ1) is 16.6. The number of hydrogen-bond acceptors (Lipinski definition) is 3. The van der Waals surface area contributed by atoms with E-state index in [1.54, 1.807) is 30.5 Å². The lowest BCUT2D eigenvalue weighted by Gasteiger charge is -2.30. The largest absolute Gasteiger partial charge is 0.260 e. The highest BCUT2D eigenvalue weighted by molar-refractivity contribution is 7.89. The third-order valence-electron chi connectivity index (χ3n) is 3.45. The van der Waals surface area contributed by atoms with Crippen molar-refractivity contribution in [3.8, 4) is 0 Å². The maximum atomic E-state index is 12.6. The van der Waals surface area contributed by atoms with E-state index in [0.717, 1.165) is 5.56 Å². The van der Waals surface area contributed by atoms with Gasteiger partial charge in [0.15, 0.2) is 0 Å². The third kappa shape index (κ3) is 3.93. The van der Waals surface area contributed by atoms with Gasteiger partial charge in [0.1, 0.15) is 0 Å². The Labute approximate surface area is 132 Å². The Morgan fingerprint density at radius 2 is 1.68 bits per heavy atom. The quantitative estimate of drug-likeness (QED) is 0.939. The van der Waals surface area contributed by atoms with E-state index < -0.39 is 16.1 Å². The zero-order chi connectivity index (χ0) is 16.4. The SMILES string of the molecule is Cc1ccc(S(=O)(=O)N[C@@H](c2ccccn2)C(C)(C)C)cc1. The van der Waals surface area contributed by atoms with Gasteiger partial charge in [-0.15, -0.1) is 0 Å². The van der Waals surface area contributed by atoms with E-state index in [9.17, 15) is 8.42 Å². The van der Waals surface area contributed by atoms with Crippen molar-refractivity contribution in [1.82, 2.24) is 9.71 Å². The first-order valence-electron chi connectivity index (χ1n) is 7.20. The van der Waals surface area contributed by atoms with E-state index in [4.69, 9.17) is 0 Å². The minimum atomic E-state index is -3.60. The second-order valence-electron chi connectivity index (χ2n) is 6.49. The van der Waals surface area contributed by atoms with Gasteiger partial charge in [0.25, 0.3) is 0 Å². The topological polar surface area (TPSA) is 59.1 Å². The lowest BCUT2D eigenvalue weighted by Crippen LogP contribution is -2.37. The molecule has 0 aliphatic heterocycles.